The van der Waals surface area contributed by atoms with E-state index in [-0.39, 0.29) is 0 Å². The number of aryl methyl sites for hydroxylation is 8. The van der Waals surface area contributed by atoms with Crippen LogP contribution in [0, 0.1) is 55.4 Å². The molecular formula is C90H99N17O8. The summed E-state index contributed by atoms with van der Waals surface area (Å²) < 4.78 is 41.3. The SMILES string of the molecule is CCOc1cncc(-c2ccccc2C)n1.CNc1ncc(-c2ccccc2C)nc1OC.COc1cncc(-c2ccccc2C)n1.COc1nc(-c2ccccc2C)cnc1C.COc1nc(-c2ccccc2C)cnc1N.COc1nc(-c2ccccc2C)cnc1N(C)C.COc1ncc(-c2ccccc2C)nc1OC. The van der Waals surface area contributed by atoms with Gasteiger partial charge in [-0.15, -0.1) is 0 Å². The number of ether oxygens (including phenoxy) is 8. The molecule has 25 heteroatoms. The number of anilines is 3. The zero-order valence-electron chi connectivity index (χ0n) is 68.6. The predicted octanol–water partition coefficient (Wildman–Crippen LogP) is 17.6. The van der Waals surface area contributed by atoms with Gasteiger partial charge in [0.05, 0.1) is 158 Å². The molecule has 0 atom stereocenters. The van der Waals surface area contributed by atoms with Crippen molar-refractivity contribution in [1.29, 1.82) is 0 Å². The van der Waals surface area contributed by atoms with Gasteiger partial charge in [0.1, 0.15) is 0 Å². The molecule has 0 fully saturated rings. The van der Waals surface area contributed by atoms with E-state index < -0.39 is 0 Å². The number of aromatic nitrogens is 14. The molecule has 0 unspecified atom stereocenters. The lowest BCUT2D eigenvalue weighted by Crippen LogP contribution is -2.13. The maximum absolute atomic E-state index is 5.62. The van der Waals surface area contributed by atoms with Gasteiger partial charge in [-0.25, -0.2) is 54.8 Å². The molecule has 14 rings (SSSR count). The smallest absolute Gasteiger partial charge is 0.278 e. The fourth-order valence-corrected chi connectivity index (χ4v) is 11.2. The highest BCUT2D eigenvalue weighted by molar-refractivity contribution is 5.69. The number of hydrogen-bond acceptors (Lipinski definition) is 25. The second kappa shape index (κ2) is 44.1. The summed E-state index contributed by atoms with van der Waals surface area (Å²) in [5.74, 6) is 5.58. The zero-order chi connectivity index (χ0) is 82.8. The van der Waals surface area contributed by atoms with Crippen molar-refractivity contribution in [2.75, 3.05) is 93.5 Å². The fourth-order valence-electron chi connectivity index (χ4n) is 11.2. The summed E-state index contributed by atoms with van der Waals surface area (Å²) in [5.41, 5.74) is 27.8. The Balaban J connectivity index is 0.000000168. The first-order valence-electron chi connectivity index (χ1n) is 36.6. The Morgan fingerprint density at radius 1 is 0.304 bits per heavy atom. The summed E-state index contributed by atoms with van der Waals surface area (Å²) in [6.07, 6.45) is 15.4. The summed E-state index contributed by atoms with van der Waals surface area (Å²) in [5, 5.41) is 2.94. The molecule has 7 heterocycles. The van der Waals surface area contributed by atoms with Crippen LogP contribution in [0.2, 0.25) is 0 Å². The Kier molecular flexibility index (Phi) is 33.1. The van der Waals surface area contributed by atoms with Gasteiger partial charge in [0.2, 0.25) is 17.6 Å². The highest BCUT2D eigenvalue weighted by Crippen LogP contribution is 2.32. The molecule has 7 aromatic heterocycles. The van der Waals surface area contributed by atoms with Crippen LogP contribution < -0.4 is 53.8 Å². The van der Waals surface area contributed by atoms with Gasteiger partial charge >= 0.3 is 0 Å². The second-order valence-corrected chi connectivity index (χ2v) is 25.4. The monoisotopic (exact) mass is 1550 g/mol. The number of nitrogens with one attached hydrogen (secondary N) is 1. The number of benzene rings is 7. The Labute approximate surface area is 673 Å². The zero-order valence-corrected chi connectivity index (χ0v) is 68.6. The molecule has 0 aliphatic rings. The fraction of sp³-hybridized carbons (Fsp3) is 0.222. The van der Waals surface area contributed by atoms with Crippen LogP contribution in [0.25, 0.3) is 78.8 Å². The van der Waals surface area contributed by atoms with Crippen LogP contribution in [0.3, 0.4) is 0 Å². The molecule has 0 aliphatic carbocycles. The van der Waals surface area contributed by atoms with E-state index in [0.29, 0.717) is 65.3 Å². The van der Waals surface area contributed by atoms with E-state index in [2.05, 4.69) is 140 Å². The number of nitrogens with zero attached hydrogens (tertiary/aromatic N) is 15. The van der Waals surface area contributed by atoms with Gasteiger partial charge in [-0.05, 0) is 101 Å². The molecule has 0 spiro atoms. The Morgan fingerprint density at radius 2 is 0.609 bits per heavy atom. The van der Waals surface area contributed by atoms with Crippen LogP contribution in [0.15, 0.2) is 226 Å². The third-order valence-electron chi connectivity index (χ3n) is 17.3. The topological polar surface area (TPSA) is 296 Å². The number of nitrogens with two attached hydrogens (primary N) is 1. The average Bonchev–Trinajstić information content (AvgIpc) is 0.843. The first-order valence-corrected chi connectivity index (χ1v) is 36.6. The highest BCUT2D eigenvalue weighted by atomic mass is 16.5. The quantitative estimate of drug-likeness (QED) is 0.0806. The standard InChI is InChI=1S/C14H17N3O.C13H15N3O.C13H14N2O2.2C13H14N2O.C12H13N3O.C12H12N2O/c1-10-7-5-6-8-11(10)12-9-15-13(17(2)3)14(16-12)18-4;1-9-6-4-5-7-10(9)11-8-15-12(14-2)13(16-11)17-3;1-9-6-4-5-7-10(9)11-8-14-12(16-2)13(15-11)17-3;1-9-6-4-5-7-11(9)12-8-14-10(2)13(15-12)16-3;1-3-16-13-9-14-8-12(15-13)11-7-5-4-6-10(11)2;1-8-5-3-4-6-9(8)10-7-14-11(13)12(15-10)16-2;1-9-5-3-4-6-10(9)11-7-13-8-12(14-11)15-2/h5-9H,1-4H3;4-8H,1-3H3,(H,14,15);4-8H,1-3H3;4-8H,1-3H3;4-9H,3H2,1-2H3;3-7H,1-2H3,(H2,13,14);3-8H,1-2H3. The van der Waals surface area contributed by atoms with E-state index in [9.17, 15) is 0 Å². The molecule has 7 aromatic carbocycles. The molecule has 3 N–H and O–H groups in total. The van der Waals surface area contributed by atoms with Gasteiger partial charge in [-0.2, -0.15) is 0 Å². The molecule has 0 saturated carbocycles. The van der Waals surface area contributed by atoms with Crippen molar-refractivity contribution in [3.05, 3.63) is 270 Å². The Morgan fingerprint density at radius 3 is 0.965 bits per heavy atom. The third-order valence-corrected chi connectivity index (χ3v) is 17.3. The average molecular weight is 1550 g/mol. The van der Waals surface area contributed by atoms with Crippen LogP contribution in [0.4, 0.5) is 17.5 Å². The Bertz CT molecular complexity index is 5250. The third kappa shape index (κ3) is 24.2. The first-order chi connectivity index (χ1) is 55.7. The number of rotatable bonds is 18. The normalized spacial score (nSPS) is 10.1. The molecule has 0 radical (unpaired) electrons. The van der Waals surface area contributed by atoms with E-state index in [1.54, 1.807) is 105 Å². The van der Waals surface area contributed by atoms with Gasteiger partial charge in [0.25, 0.3) is 29.4 Å². The van der Waals surface area contributed by atoms with E-state index in [1.807, 2.05) is 186 Å². The summed E-state index contributed by atoms with van der Waals surface area (Å²) >= 11 is 0. The summed E-state index contributed by atoms with van der Waals surface area (Å²) in [6, 6.07) is 56.4. The molecule has 115 heavy (non-hydrogen) atoms. The predicted molar refractivity (Wildman–Crippen MR) is 455 cm³/mol. The number of methoxy groups -OCH3 is 7. The van der Waals surface area contributed by atoms with Crippen molar-refractivity contribution in [3.63, 3.8) is 0 Å². The summed E-state index contributed by atoms with van der Waals surface area (Å²) in [6.45, 7) is 18.8. The summed E-state index contributed by atoms with van der Waals surface area (Å²) in [7, 11) is 16.6. The largest absolute Gasteiger partial charge is 0.480 e. The van der Waals surface area contributed by atoms with Crippen molar-refractivity contribution in [1.82, 2.24) is 69.8 Å². The second-order valence-electron chi connectivity index (χ2n) is 25.4. The van der Waals surface area contributed by atoms with Gasteiger partial charge in [-0.1, -0.05) is 170 Å². The highest BCUT2D eigenvalue weighted by Gasteiger charge is 2.16. The minimum Gasteiger partial charge on any atom is -0.480 e. The molecule has 0 aliphatic heterocycles. The lowest BCUT2D eigenvalue weighted by molar-refractivity contribution is 0.325. The van der Waals surface area contributed by atoms with Gasteiger partial charge in [0.15, 0.2) is 17.5 Å². The van der Waals surface area contributed by atoms with E-state index in [0.717, 1.165) is 101 Å². The minimum atomic E-state index is 0.305. The lowest BCUT2D eigenvalue weighted by atomic mass is 10.1. The Hall–Kier alpha value is -14.1. The molecule has 0 bridgehead atoms. The first kappa shape index (κ1) is 86.5. The van der Waals surface area contributed by atoms with Crippen molar-refractivity contribution in [2.45, 2.75) is 62.3 Å². The molecule has 0 amide bonds. The molecule has 0 saturated heterocycles. The minimum absolute atomic E-state index is 0.305. The summed E-state index contributed by atoms with van der Waals surface area (Å²) in [4.78, 5) is 62.1. The molecular weight excluding hydrogens is 1450 g/mol. The van der Waals surface area contributed by atoms with E-state index >= 15 is 0 Å². The van der Waals surface area contributed by atoms with Crippen LogP contribution in [0.1, 0.15) is 51.6 Å². The van der Waals surface area contributed by atoms with Crippen LogP contribution in [0.5, 0.6) is 47.0 Å². The lowest BCUT2D eigenvalue weighted by Gasteiger charge is -2.15. The maximum Gasteiger partial charge on any atom is 0.278 e. The molecule has 14 aromatic rings. The van der Waals surface area contributed by atoms with Crippen molar-refractivity contribution in [2.24, 2.45) is 0 Å². The van der Waals surface area contributed by atoms with Gasteiger partial charge in [-0.3, -0.25) is 15.0 Å². The number of nitrogen functional groups attached to an aromatic ring is 1. The molecule has 592 valence electrons. The molecule has 25 nitrogen and oxygen atoms in total. The number of hydrogen-bond donors (Lipinski definition) is 2. The van der Waals surface area contributed by atoms with Gasteiger partial charge < -0.3 is 53.8 Å². The van der Waals surface area contributed by atoms with Crippen LogP contribution >= 0.6 is 0 Å². The van der Waals surface area contributed by atoms with Crippen molar-refractivity contribution in [3.8, 4) is 126 Å². The van der Waals surface area contributed by atoms with Crippen molar-refractivity contribution >= 4 is 17.5 Å². The van der Waals surface area contributed by atoms with E-state index in [4.69, 9.17) is 43.6 Å². The van der Waals surface area contributed by atoms with Crippen LogP contribution in [-0.2, 0) is 0 Å². The van der Waals surface area contributed by atoms with Crippen LogP contribution in [-0.4, -0.2) is 147 Å². The maximum atomic E-state index is 5.62. The van der Waals surface area contributed by atoms with E-state index in [1.165, 1.54) is 34.9 Å². The van der Waals surface area contributed by atoms with Crippen molar-refractivity contribution < 1.29 is 37.9 Å². The van der Waals surface area contributed by atoms with Gasteiger partial charge in [0, 0.05) is 60.1 Å².